The standard InChI is InChI=1S/C13H8BCl2N/c14-10-3-1-9(2-4-10)13(16)17-12-7-5-11(15)6-8-12/h1-8H. The number of nitrogens with zero attached hydrogens (tertiary/aromatic N) is 1. The van der Waals surface area contributed by atoms with Gasteiger partial charge in [0.2, 0.25) is 0 Å². The predicted molar refractivity (Wildman–Crippen MR) is 75.3 cm³/mol. The van der Waals surface area contributed by atoms with Crippen molar-refractivity contribution in [2.45, 2.75) is 0 Å². The second-order valence-electron chi connectivity index (χ2n) is 3.50. The summed E-state index contributed by atoms with van der Waals surface area (Å²) >= 11 is 11.9. The largest absolute Gasteiger partial charge is 0.236 e. The Morgan fingerprint density at radius 1 is 0.941 bits per heavy atom. The summed E-state index contributed by atoms with van der Waals surface area (Å²) in [7, 11) is 5.60. The lowest BCUT2D eigenvalue weighted by Crippen LogP contribution is -2.01. The van der Waals surface area contributed by atoms with Gasteiger partial charge in [-0.25, -0.2) is 4.99 Å². The van der Waals surface area contributed by atoms with E-state index in [1.165, 1.54) is 0 Å². The number of rotatable bonds is 2. The van der Waals surface area contributed by atoms with Gasteiger partial charge in [-0.15, -0.1) is 0 Å². The Bertz CT molecular complexity index is 532. The number of hydrogen-bond acceptors (Lipinski definition) is 1. The summed E-state index contributed by atoms with van der Waals surface area (Å²) in [6.45, 7) is 0. The molecule has 2 rings (SSSR count). The summed E-state index contributed by atoms with van der Waals surface area (Å²) in [5, 5.41) is 1.10. The van der Waals surface area contributed by atoms with E-state index >= 15 is 0 Å². The van der Waals surface area contributed by atoms with E-state index in [9.17, 15) is 0 Å². The zero-order valence-corrected chi connectivity index (χ0v) is 10.4. The maximum atomic E-state index is 6.11. The zero-order chi connectivity index (χ0) is 12.3. The lowest BCUT2D eigenvalue weighted by atomic mass is 9.95. The van der Waals surface area contributed by atoms with Crippen LogP contribution in [-0.4, -0.2) is 13.0 Å². The van der Waals surface area contributed by atoms with Crippen LogP contribution in [0.5, 0.6) is 0 Å². The molecule has 2 aromatic carbocycles. The number of aliphatic imine (C=N–C) groups is 1. The van der Waals surface area contributed by atoms with Crippen molar-refractivity contribution in [3.8, 4) is 0 Å². The fourth-order valence-corrected chi connectivity index (χ4v) is 1.66. The SMILES string of the molecule is [B]c1ccc(C(Cl)=Nc2ccc(Cl)cc2)cc1. The lowest BCUT2D eigenvalue weighted by Gasteiger charge is -2.00. The minimum atomic E-state index is 0.423. The fraction of sp³-hybridized carbons (Fsp3) is 0. The monoisotopic (exact) mass is 259 g/mol. The first-order valence-corrected chi connectivity index (χ1v) is 5.76. The molecule has 0 saturated carbocycles. The quantitative estimate of drug-likeness (QED) is 0.579. The molecule has 0 spiro atoms. The molecule has 0 amide bonds. The van der Waals surface area contributed by atoms with E-state index in [0.29, 0.717) is 15.7 Å². The van der Waals surface area contributed by atoms with Gasteiger partial charge in [0, 0.05) is 10.6 Å². The zero-order valence-electron chi connectivity index (χ0n) is 8.90. The van der Waals surface area contributed by atoms with E-state index in [1.807, 2.05) is 24.3 Å². The minimum absolute atomic E-state index is 0.423. The van der Waals surface area contributed by atoms with Crippen LogP contribution in [0, 0.1) is 0 Å². The van der Waals surface area contributed by atoms with Crippen molar-refractivity contribution >= 4 is 47.4 Å². The van der Waals surface area contributed by atoms with Gasteiger partial charge in [-0.3, -0.25) is 0 Å². The molecular weight excluding hydrogens is 252 g/mol. The Morgan fingerprint density at radius 2 is 1.53 bits per heavy atom. The van der Waals surface area contributed by atoms with E-state index in [1.54, 1.807) is 24.3 Å². The van der Waals surface area contributed by atoms with E-state index in [2.05, 4.69) is 4.99 Å². The highest BCUT2D eigenvalue weighted by molar-refractivity contribution is 6.69. The van der Waals surface area contributed by atoms with Gasteiger partial charge in [-0.05, 0) is 24.3 Å². The van der Waals surface area contributed by atoms with Gasteiger partial charge in [-0.1, -0.05) is 52.9 Å². The van der Waals surface area contributed by atoms with E-state index in [-0.39, 0.29) is 0 Å². The highest BCUT2D eigenvalue weighted by atomic mass is 35.5. The van der Waals surface area contributed by atoms with E-state index in [4.69, 9.17) is 31.0 Å². The maximum absolute atomic E-state index is 6.11. The predicted octanol–water partition coefficient (Wildman–Crippen LogP) is 3.45. The average molecular weight is 260 g/mol. The van der Waals surface area contributed by atoms with Crippen LogP contribution in [-0.2, 0) is 0 Å². The Kier molecular flexibility index (Phi) is 3.87. The summed E-state index contributed by atoms with van der Waals surface area (Å²) in [5.41, 5.74) is 2.29. The van der Waals surface area contributed by atoms with Crippen molar-refractivity contribution in [3.63, 3.8) is 0 Å². The number of hydrogen-bond donors (Lipinski definition) is 0. The molecule has 4 heteroatoms. The van der Waals surface area contributed by atoms with Gasteiger partial charge in [-0.2, -0.15) is 0 Å². The molecule has 0 fully saturated rings. The molecule has 82 valence electrons. The molecule has 2 aromatic rings. The topological polar surface area (TPSA) is 12.4 Å². The molecule has 0 unspecified atom stereocenters. The third kappa shape index (κ3) is 3.35. The Hall–Kier alpha value is -1.25. The Labute approximate surface area is 112 Å². The highest BCUT2D eigenvalue weighted by Crippen LogP contribution is 2.18. The molecule has 17 heavy (non-hydrogen) atoms. The van der Waals surface area contributed by atoms with Crippen molar-refractivity contribution in [2.75, 3.05) is 0 Å². The lowest BCUT2D eigenvalue weighted by molar-refractivity contribution is 1.52. The summed E-state index contributed by atoms with van der Waals surface area (Å²) in [6.07, 6.45) is 0. The molecule has 0 aliphatic carbocycles. The molecule has 2 radical (unpaired) electrons. The van der Waals surface area contributed by atoms with E-state index in [0.717, 1.165) is 11.3 Å². The van der Waals surface area contributed by atoms with E-state index < -0.39 is 0 Å². The van der Waals surface area contributed by atoms with Crippen molar-refractivity contribution in [3.05, 3.63) is 59.1 Å². The van der Waals surface area contributed by atoms with Crippen LogP contribution in [0.1, 0.15) is 5.56 Å². The normalized spacial score (nSPS) is 11.5. The second-order valence-corrected chi connectivity index (χ2v) is 4.30. The molecular formula is C13H8BCl2N. The van der Waals surface area contributed by atoms with Gasteiger partial charge >= 0.3 is 0 Å². The van der Waals surface area contributed by atoms with Crippen LogP contribution in [0.2, 0.25) is 5.02 Å². The third-order valence-electron chi connectivity index (χ3n) is 2.20. The smallest absolute Gasteiger partial charge is 0.136 e. The molecule has 0 atom stereocenters. The summed E-state index contributed by atoms with van der Waals surface area (Å²) in [6, 6.07) is 14.4. The van der Waals surface area contributed by atoms with Crippen LogP contribution >= 0.6 is 23.2 Å². The maximum Gasteiger partial charge on any atom is 0.136 e. The third-order valence-corrected chi connectivity index (χ3v) is 2.76. The van der Waals surface area contributed by atoms with Crippen molar-refractivity contribution in [2.24, 2.45) is 4.99 Å². The molecule has 0 bridgehead atoms. The number of halogens is 2. The molecule has 1 nitrogen and oxygen atoms in total. The van der Waals surface area contributed by atoms with Gasteiger partial charge in [0.05, 0.1) is 5.69 Å². The first-order valence-electron chi connectivity index (χ1n) is 5.01. The number of benzene rings is 2. The van der Waals surface area contributed by atoms with Crippen molar-refractivity contribution < 1.29 is 0 Å². The molecule has 0 aliphatic rings. The van der Waals surface area contributed by atoms with Crippen LogP contribution in [0.3, 0.4) is 0 Å². The molecule has 0 saturated heterocycles. The molecule has 0 N–H and O–H groups in total. The van der Waals surface area contributed by atoms with Crippen LogP contribution in [0.4, 0.5) is 5.69 Å². The van der Waals surface area contributed by atoms with Gasteiger partial charge in [0.25, 0.3) is 0 Å². The summed E-state index contributed by atoms with van der Waals surface area (Å²) in [5.74, 6) is 0. The fourth-order valence-electron chi connectivity index (χ4n) is 1.31. The summed E-state index contributed by atoms with van der Waals surface area (Å²) < 4.78 is 0. The highest BCUT2D eigenvalue weighted by Gasteiger charge is 1.99. The van der Waals surface area contributed by atoms with Gasteiger partial charge in [0.15, 0.2) is 0 Å². The van der Waals surface area contributed by atoms with Crippen LogP contribution in [0.15, 0.2) is 53.5 Å². The molecule has 0 aromatic heterocycles. The first-order chi connectivity index (χ1) is 8.15. The van der Waals surface area contributed by atoms with Crippen molar-refractivity contribution in [1.82, 2.24) is 0 Å². The van der Waals surface area contributed by atoms with Crippen LogP contribution in [0.25, 0.3) is 0 Å². The second kappa shape index (κ2) is 5.39. The molecule has 0 heterocycles. The van der Waals surface area contributed by atoms with Crippen LogP contribution < -0.4 is 5.46 Å². The van der Waals surface area contributed by atoms with Gasteiger partial charge in [0.1, 0.15) is 13.0 Å². The van der Waals surface area contributed by atoms with Crippen molar-refractivity contribution in [1.29, 1.82) is 0 Å². The Balaban J connectivity index is 2.27. The Morgan fingerprint density at radius 3 is 2.12 bits per heavy atom. The summed E-state index contributed by atoms with van der Waals surface area (Å²) in [4.78, 5) is 4.28. The average Bonchev–Trinajstić information content (AvgIpc) is 2.33. The minimum Gasteiger partial charge on any atom is -0.236 e. The van der Waals surface area contributed by atoms with Gasteiger partial charge < -0.3 is 0 Å². The molecule has 0 aliphatic heterocycles. The first kappa shape index (κ1) is 12.2.